The van der Waals surface area contributed by atoms with E-state index in [0.29, 0.717) is 11.7 Å². The lowest BCUT2D eigenvalue weighted by Gasteiger charge is -2.04. The molecule has 0 aliphatic heterocycles. The van der Waals surface area contributed by atoms with Crippen LogP contribution in [0.25, 0.3) is 11.4 Å². The maximum absolute atomic E-state index is 11.8. The first kappa shape index (κ1) is 15.9. The van der Waals surface area contributed by atoms with Crippen LogP contribution in [0, 0.1) is 0 Å². The summed E-state index contributed by atoms with van der Waals surface area (Å²) >= 11 is 0. The Labute approximate surface area is 139 Å². The molecule has 0 aliphatic carbocycles. The molecular formula is C18H17N3O3. The van der Waals surface area contributed by atoms with Crippen LogP contribution in [0.3, 0.4) is 0 Å². The van der Waals surface area contributed by atoms with Gasteiger partial charge in [-0.05, 0) is 23.6 Å². The van der Waals surface area contributed by atoms with Gasteiger partial charge in [0, 0.05) is 11.8 Å². The van der Waals surface area contributed by atoms with E-state index in [1.165, 1.54) is 11.8 Å². The van der Waals surface area contributed by atoms with Gasteiger partial charge >= 0.3 is 5.97 Å². The number of nitrogens with zero attached hydrogens (tertiary/aromatic N) is 3. The van der Waals surface area contributed by atoms with E-state index >= 15 is 0 Å². The van der Waals surface area contributed by atoms with Crippen molar-refractivity contribution >= 4 is 5.97 Å². The summed E-state index contributed by atoms with van der Waals surface area (Å²) in [4.78, 5) is 20.0. The molecule has 122 valence electrons. The third kappa shape index (κ3) is 3.65. The molecule has 6 heteroatoms. The van der Waals surface area contributed by atoms with Gasteiger partial charge in [-0.15, -0.1) is 0 Å². The van der Waals surface area contributed by atoms with Gasteiger partial charge in [0.05, 0.1) is 0 Å². The lowest BCUT2D eigenvalue weighted by molar-refractivity contribution is 0.0423. The fraction of sp³-hybridized carbons (Fsp3) is 0.222. The zero-order valence-electron chi connectivity index (χ0n) is 13.5. The number of carbonyl (C=O) groups is 1. The Morgan fingerprint density at radius 3 is 2.62 bits per heavy atom. The van der Waals surface area contributed by atoms with Crippen LogP contribution in [0.1, 0.15) is 41.7 Å². The van der Waals surface area contributed by atoms with Crippen LogP contribution in [0.5, 0.6) is 0 Å². The molecule has 0 bridgehead atoms. The van der Waals surface area contributed by atoms with Crippen molar-refractivity contribution in [2.24, 2.45) is 0 Å². The van der Waals surface area contributed by atoms with Crippen molar-refractivity contribution in [3.63, 3.8) is 0 Å². The van der Waals surface area contributed by atoms with Crippen molar-refractivity contribution < 1.29 is 14.1 Å². The Morgan fingerprint density at radius 1 is 1.17 bits per heavy atom. The topological polar surface area (TPSA) is 78.1 Å². The van der Waals surface area contributed by atoms with E-state index in [1.54, 1.807) is 18.2 Å². The van der Waals surface area contributed by atoms with Crippen molar-refractivity contribution in [1.29, 1.82) is 0 Å². The number of esters is 1. The first-order valence-corrected chi connectivity index (χ1v) is 7.64. The van der Waals surface area contributed by atoms with E-state index in [0.717, 1.165) is 5.56 Å². The summed E-state index contributed by atoms with van der Waals surface area (Å²) in [5, 5.41) is 3.92. The maximum atomic E-state index is 11.8. The van der Waals surface area contributed by atoms with Gasteiger partial charge in [0.25, 0.3) is 5.89 Å². The van der Waals surface area contributed by atoms with Gasteiger partial charge in [-0.1, -0.05) is 49.3 Å². The SMILES string of the molecule is CC(C)c1ccc(-c2noc(COC(=O)c3ccccn3)n2)cc1. The molecule has 2 aromatic heterocycles. The van der Waals surface area contributed by atoms with Crippen LogP contribution < -0.4 is 0 Å². The summed E-state index contributed by atoms with van der Waals surface area (Å²) in [6.45, 7) is 4.18. The summed E-state index contributed by atoms with van der Waals surface area (Å²) in [5.74, 6) is 0.638. The van der Waals surface area contributed by atoms with Crippen LogP contribution in [0.4, 0.5) is 0 Å². The normalized spacial score (nSPS) is 10.8. The molecular weight excluding hydrogens is 306 g/mol. The number of aromatic nitrogens is 3. The number of ether oxygens (including phenoxy) is 1. The van der Waals surface area contributed by atoms with Crippen LogP contribution in [-0.2, 0) is 11.3 Å². The molecule has 0 fully saturated rings. The average Bonchev–Trinajstić information content (AvgIpc) is 3.09. The molecule has 3 rings (SSSR count). The smallest absolute Gasteiger partial charge is 0.357 e. The number of hydrogen-bond donors (Lipinski definition) is 0. The zero-order chi connectivity index (χ0) is 16.9. The lowest BCUT2D eigenvalue weighted by Crippen LogP contribution is -2.07. The summed E-state index contributed by atoms with van der Waals surface area (Å²) < 4.78 is 10.2. The van der Waals surface area contributed by atoms with Gasteiger partial charge in [-0.2, -0.15) is 4.98 Å². The molecule has 0 saturated carbocycles. The fourth-order valence-corrected chi connectivity index (χ4v) is 2.13. The van der Waals surface area contributed by atoms with Crippen molar-refractivity contribution in [3.8, 4) is 11.4 Å². The Kier molecular flexibility index (Phi) is 4.65. The first-order chi connectivity index (χ1) is 11.6. The monoisotopic (exact) mass is 323 g/mol. The third-order valence-corrected chi connectivity index (χ3v) is 3.50. The molecule has 0 amide bonds. The zero-order valence-corrected chi connectivity index (χ0v) is 13.5. The second-order valence-corrected chi connectivity index (χ2v) is 5.58. The molecule has 0 N–H and O–H groups in total. The molecule has 24 heavy (non-hydrogen) atoms. The van der Waals surface area contributed by atoms with Crippen molar-refractivity contribution in [2.75, 3.05) is 0 Å². The third-order valence-electron chi connectivity index (χ3n) is 3.50. The van der Waals surface area contributed by atoms with Crippen LogP contribution in [0.2, 0.25) is 0 Å². The van der Waals surface area contributed by atoms with E-state index in [-0.39, 0.29) is 18.2 Å². The Morgan fingerprint density at radius 2 is 1.96 bits per heavy atom. The summed E-state index contributed by atoms with van der Waals surface area (Å²) in [6, 6.07) is 13.0. The van der Waals surface area contributed by atoms with E-state index in [1.807, 2.05) is 24.3 Å². The van der Waals surface area contributed by atoms with E-state index in [4.69, 9.17) is 9.26 Å². The predicted molar refractivity (Wildman–Crippen MR) is 87.2 cm³/mol. The number of hydrogen-bond acceptors (Lipinski definition) is 6. The Balaban J connectivity index is 1.64. The molecule has 2 heterocycles. The summed E-state index contributed by atoms with van der Waals surface area (Å²) in [5.41, 5.74) is 2.33. The average molecular weight is 323 g/mol. The minimum Gasteiger partial charge on any atom is -0.451 e. The van der Waals surface area contributed by atoms with Gasteiger partial charge in [0.2, 0.25) is 5.82 Å². The molecule has 0 radical (unpaired) electrons. The molecule has 0 atom stereocenters. The first-order valence-electron chi connectivity index (χ1n) is 7.64. The highest BCUT2D eigenvalue weighted by Crippen LogP contribution is 2.20. The maximum Gasteiger partial charge on any atom is 0.357 e. The quantitative estimate of drug-likeness (QED) is 0.667. The van der Waals surface area contributed by atoms with Crippen molar-refractivity contribution in [2.45, 2.75) is 26.4 Å². The lowest BCUT2D eigenvalue weighted by atomic mass is 10.0. The number of carbonyl (C=O) groups excluding carboxylic acids is 1. The molecule has 0 spiro atoms. The molecule has 0 aliphatic rings. The highest BCUT2D eigenvalue weighted by Gasteiger charge is 2.13. The van der Waals surface area contributed by atoms with Gasteiger partial charge in [-0.3, -0.25) is 0 Å². The van der Waals surface area contributed by atoms with E-state index in [2.05, 4.69) is 29.0 Å². The van der Waals surface area contributed by atoms with Gasteiger partial charge in [0.1, 0.15) is 5.69 Å². The number of pyridine rings is 1. The van der Waals surface area contributed by atoms with Crippen LogP contribution >= 0.6 is 0 Å². The standard InChI is InChI=1S/C18H17N3O3/c1-12(2)13-6-8-14(9-7-13)17-20-16(24-21-17)11-23-18(22)15-5-3-4-10-19-15/h3-10,12H,11H2,1-2H3. The predicted octanol–water partition coefficient (Wildman–Crippen LogP) is 3.61. The van der Waals surface area contributed by atoms with E-state index < -0.39 is 5.97 Å². The van der Waals surface area contributed by atoms with Gasteiger partial charge < -0.3 is 9.26 Å². The summed E-state index contributed by atoms with van der Waals surface area (Å²) in [6.07, 6.45) is 1.53. The molecule has 6 nitrogen and oxygen atoms in total. The molecule has 3 aromatic rings. The molecule has 0 saturated heterocycles. The van der Waals surface area contributed by atoms with E-state index in [9.17, 15) is 4.79 Å². The van der Waals surface area contributed by atoms with Crippen LogP contribution in [-0.4, -0.2) is 21.1 Å². The highest BCUT2D eigenvalue weighted by molar-refractivity contribution is 5.86. The highest BCUT2D eigenvalue weighted by atomic mass is 16.6. The fourth-order valence-electron chi connectivity index (χ4n) is 2.13. The van der Waals surface area contributed by atoms with Gasteiger partial charge in [0.15, 0.2) is 6.61 Å². The number of benzene rings is 1. The van der Waals surface area contributed by atoms with Gasteiger partial charge in [-0.25, -0.2) is 9.78 Å². The minimum absolute atomic E-state index is 0.0908. The van der Waals surface area contributed by atoms with Crippen LogP contribution in [0.15, 0.2) is 53.2 Å². The number of rotatable bonds is 5. The second kappa shape index (κ2) is 7.04. The van der Waals surface area contributed by atoms with Crippen molar-refractivity contribution in [3.05, 3.63) is 65.8 Å². The molecule has 1 aromatic carbocycles. The molecule has 0 unspecified atom stereocenters. The second-order valence-electron chi connectivity index (χ2n) is 5.58. The largest absolute Gasteiger partial charge is 0.451 e. The Bertz CT molecular complexity index is 811. The minimum atomic E-state index is -0.531. The van der Waals surface area contributed by atoms with Crippen molar-refractivity contribution in [1.82, 2.24) is 15.1 Å². The Hall–Kier alpha value is -3.02. The summed E-state index contributed by atoms with van der Waals surface area (Å²) in [7, 11) is 0.